The van der Waals surface area contributed by atoms with Gasteiger partial charge in [0.1, 0.15) is 5.84 Å². The quantitative estimate of drug-likeness (QED) is 0.0488. The van der Waals surface area contributed by atoms with Gasteiger partial charge in [-0.15, -0.1) is 23.4 Å². The van der Waals surface area contributed by atoms with Crippen molar-refractivity contribution in [3.05, 3.63) is 91.3 Å². The molecule has 4 N–H and O–H groups in total. The van der Waals surface area contributed by atoms with Gasteiger partial charge in [-0.1, -0.05) is 18.2 Å². The average molecular weight is 706 g/mol. The summed E-state index contributed by atoms with van der Waals surface area (Å²) in [6.45, 7) is 1.63. The number of nitrogens with two attached hydrogens (primary N) is 1. The molecule has 0 fully saturated rings. The number of aromatic nitrogens is 3. The van der Waals surface area contributed by atoms with Crippen molar-refractivity contribution < 1.29 is 24.0 Å². The number of hydrogen-bond donors (Lipinski definition) is 3. The maximum absolute atomic E-state index is 13.2. The first-order chi connectivity index (χ1) is 23.3. The topological polar surface area (TPSA) is 172 Å². The number of nitrogens with zero attached hydrogens (tertiary/aromatic N) is 6. The number of carbonyl (C=O) groups is 5. The molecule has 14 nitrogen and oxygen atoms in total. The van der Waals surface area contributed by atoms with E-state index < -0.39 is 35.8 Å². The number of amides is 4. The maximum Gasteiger partial charge on any atom is 0.332 e. The van der Waals surface area contributed by atoms with Crippen LogP contribution in [0.15, 0.2) is 90.6 Å². The number of thioether (sulfide) groups is 1. The summed E-state index contributed by atoms with van der Waals surface area (Å²) >= 11 is 7.34. The Balaban J connectivity index is 1.34. The minimum absolute atomic E-state index is 0.154. The van der Waals surface area contributed by atoms with Crippen LogP contribution in [0.3, 0.4) is 0 Å². The third kappa shape index (κ3) is 8.88. The number of anilines is 3. The fourth-order valence-corrected chi connectivity index (χ4v) is 5.26. The molecule has 0 aliphatic rings. The smallest absolute Gasteiger partial charge is 0.332 e. The second-order valence-electron chi connectivity index (χ2n) is 10.8. The number of alkyl halides is 1. The highest BCUT2D eigenvalue weighted by Gasteiger charge is 2.22. The summed E-state index contributed by atoms with van der Waals surface area (Å²) in [7, 11) is 4.59. The summed E-state index contributed by atoms with van der Waals surface area (Å²) in [5.74, 6) is -0.435. The van der Waals surface area contributed by atoms with Gasteiger partial charge in [0.2, 0.25) is 5.78 Å². The Labute approximate surface area is 292 Å². The summed E-state index contributed by atoms with van der Waals surface area (Å²) in [4.78, 5) is 69.1. The van der Waals surface area contributed by atoms with E-state index in [2.05, 4.69) is 5.32 Å². The van der Waals surface area contributed by atoms with Crippen molar-refractivity contribution in [1.29, 1.82) is 5.41 Å². The van der Waals surface area contributed by atoms with Crippen molar-refractivity contribution in [3.8, 4) is 0 Å². The van der Waals surface area contributed by atoms with Crippen LogP contribution in [-0.2, 0) is 9.59 Å². The number of rotatable bonds is 11. The predicted octanol–water partition coefficient (Wildman–Crippen LogP) is 5.08. The van der Waals surface area contributed by atoms with Crippen molar-refractivity contribution in [2.45, 2.75) is 17.9 Å². The zero-order valence-corrected chi connectivity index (χ0v) is 28.8. The first kappa shape index (κ1) is 36.3. The number of amidine groups is 1. The van der Waals surface area contributed by atoms with E-state index in [9.17, 15) is 24.0 Å². The third-order valence-electron chi connectivity index (χ3n) is 7.53. The molecule has 0 bridgehead atoms. The van der Waals surface area contributed by atoms with Crippen LogP contribution in [0.5, 0.6) is 0 Å². The molecule has 16 heteroatoms. The van der Waals surface area contributed by atoms with E-state index in [1.807, 2.05) is 24.3 Å². The van der Waals surface area contributed by atoms with Crippen molar-refractivity contribution in [3.63, 3.8) is 0 Å². The molecule has 1 atom stereocenters. The fourth-order valence-electron chi connectivity index (χ4n) is 4.39. The Morgan fingerprint density at radius 1 is 0.857 bits per heavy atom. The molecule has 4 aromatic rings. The van der Waals surface area contributed by atoms with Crippen LogP contribution in [0, 0.1) is 5.41 Å². The lowest BCUT2D eigenvalue weighted by molar-refractivity contribution is -0.131. The highest BCUT2D eigenvalue weighted by molar-refractivity contribution is 7.99. The lowest BCUT2D eigenvalue weighted by atomic mass is 10.2. The molecule has 0 saturated carbocycles. The lowest BCUT2D eigenvalue weighted by Crippen LogP contribution is -2.44. The summed E-state index contributed by atoms with van der Waals surface area (Å²) in [6, 6.07) is 10.2. The number of carbonyl (C=O) groups excluding carboxylic acids is 5. The predicted molar refractivity (Wildman–Crippen MR) is 192 cm³/mol. The highest BCUT2D eigenvalue weighted by atomic mass is 35.5. The van der Waals surface area contributed by atoms with Crippen LogP contribution in [0.2, 0.25) is 0 Å². The average Bonchev–Trinajstić information content (AvgIpc) is 3.89. The summed E-state index contributed by atoms with van der Waals surface area (Å²) in [5, 5.41) is 10.1. The molecule has 256 valence electrons. The van der Waals surface area contributed by atoms with Crippen molar-refractivity contribution in [1.82, 2.24) is 18.6 Å². The molecule has 0 spiro atoms. The molecular formula is C33H36ClN9O5S. The van der Waals surface area contributed by atoms with E-state index in [1.165, 1.54) is 91.8 Å². The van der Waals surface area contributed by atoms with Gasteiger partial charge in [0.15, 0.2) is 0 Å². The third-order valence-corrected chi connectivity index (χ3v) is 8.95. The highest BCUT2D eigenvalue weighted by Crippen LogP contribution is 2.21. The van der Waals surface area contributed by atoms with Gasteiger partial charge < -0.3 is 16.0 Å². The summed E-state index contributed by atoms with van der Waals surface area (Å²) < 4.78 is 3.81. The molecule has 4 amide bonds. The van der Waals surface area contributed by atoms with Crippen LogP contribution in [0.25, 0.3) is 6.08 Å². The van der Waals surface area contributed by atoms with E-state index in [1.54, 1.807) is 43.9 Å². The minimum atomic E-state index is -0.860. The SMILES string of the molecule is CC(C(=N)N)N(C)C(=O)n1ccc(N(C)C(=O)n2ccc(N(C)C(=O)n3ccc(NC(=O)C(=O)/C=C/c4ccc(SCCCl)cc4)c3)c2)c1. The molecule has 1 aromatic carbocycles. The van der Waals surface area contributed by atoms with Gasteiger partial charge in [-0.05, 0) is 48.9 Å². The van der Waals surface area contributed by atoms with Gasteiger partial charge in [-0.2, -0.15) is 0 Å². The molecule has 0 saturated heterocycles. The second kappa shape index (κ2) is 16.0. The molecule has 3 aromatic heterocycles. The molecule has 3 heterocycles. The van der Waals surface area contributed by atoms with Crippen LogP contribution in [-0.4, -0.2) is 93.0 Å². The second-order valence-corrected chi connectivity index (χ2v) is 12.4. The number of benzene rings is 1. The number of ketones is 1. The number of halogens is 1. The van der Waals surface area contributed by atoms with E-state index in [-0.39, 0.29) is 11.5 Å². The molecule has 0 aliphatic carbocycles. The van der Waals surface area contributed by atoms with Gasteiger partial charge in [-0.25, -0.2) is 14.4 Å². The fraction of sp³-hybridized carbons (Fsp3) is 0.212. The van der Waals surface area contributed by atoms with E-state index >= 15 is 0 Å². The zero-order valence-electron chi connectivity index (χ0n) is 27.2. The molecule has 0 radical (unpaired) electrons. The standard InChI is InChI=1S/C33H36ClN9O5S/c1-22(29(35)36)38(2)31(46)42-16-12-25(20-42)40(4)33(48)43-17-13-26(21-43)39(3)32(47)41-15-11-24(19-41)37-30(45)28(44)10-7-23-5-8-27(9-6-23)49-18-14-34/h5-13,15-17,19-22H,14,18H2,1-4H3,(H3,35,36)(H,37,45)/b10-7+. The Hall–Kier alpha value is -5.54. The van der Waals surface area contributed by atoms with Crippen molar-refractivity contribution in [2.24, 2.45) is 5.73 Å². The van der Waals surface area contributed by atoms with E-state index in [0.717, 1.165) is 16.2 Å². The van der Waals surface area contributed by atoms with Crippen LogP contribution < -0.4 is 20.9 Å². The lowest BCUT2D eigenvalue weighted by Gasteiger charge is -2.23. The van der Waals surface area contributed by atoms with E-state index in [4.69, 9.17) is 22.7 Å². The van der Waals surface area contributed by atoms with Crippen LogP contribution in [0.1, 0.15) is 12.5 Å². The number of hydrogen-bond acceptors (Lipinski definition) is 7. The largest absolute Gasteiger partial charge is 0.386 e. The number of likely N-dealkylation sites (N-methyl/N-ethyl adjacent to an activating group) is 1. The van der Waals surface area contributed by atoms with Gasteiger partial charge in [-0.3, -0.25) is 38.5 Å². The first-order valence-electron chi connectivity index (χ1n) is 14.8. The molecule has 4 rings (SSSR count). The summed E-state index contributed by atoms with van der Waals surface area (Å²) in [6.07, 6.45) is 11.5. The Bertz CT molecular complexity index is 1900. The Morgan fingerprint density at radius 2 is 1.39 bits per heavy atom. The van der Waals surface area contributed by atoms with Crippen LogP contribution in [0.4, 0.5) is 31.4 Å². The minimum Gasteiger partial charge on any atom is -0.386 e. The monoisotopic (exact) mass is 705 g/mol. The Morgan fingerprint density at radius 3 is 1.94 bits per heavy atom. The Kier molecular flexibility index (Phi) is 11.9. The molecular weight excluding hydrogens is 670 g/mol. The first-order valence-corrected chi connectivity index (χ1v) is 16.4. The normalized spacial score (nSPS) is 11.6. The molecule has 49 heavy (non-hydrogen) atoms. The molecule has 1 unspecified atom stereocenters. The molecule has 0 aliphatic heterocycles. The van der Waals surface area contributed by atoms with Crippen molar-refractivity contribution in [2.75, 3.05) is 47.9 Å². The van der Waals surface area contributed by atoms with Crippen LogP contribution >= 0.6 is 23.4 Å². The van der Waals surface area contributed by atoms with Crippen molar-refractivity contribution >= 4 is 82.1 Å². The maximum atomic E-state index is 13.2. The van der Waals surface area contributed by atoms with Gasteiger partial charge in [0, 0.05) is 74.9 Å². The van der Waals surface area contributed by atoms with Gasteiger partial charge in [0.25, 0.3) is 5.91 Å². The van der Waals surface area contributed by atoms with Gasteiger partial charge >= 0.3 is 18.1 Å². The van der Waals surface area contributed by atoms with E-state index in [0.29, 0.717) is 17.3 Å². The summed E-state index contributed by atoms with van der Waals surface area (Å²) in [5.41, 5.74) is 7.36. The van der Waals surface area contributed by atoms with Gasteiger partial charge in [0.05, 0.1) is 23.1 Å². The zero-order chi connectivity index (χ0) is 35.8. The number of nitrogens with one attached hydrogen (secondary N) is 2.